The Hall–Kier alpha value is -2.12. The van der Waals surface area contributed by atoms with Crippen LogP contribution >= 0.6 is 0 Å². The Morgan fingerprint density at radius 1 is 1.24 bits per heavy atom. The van der Waals surface area contributed by atoms with E-state index in [1.807, 2.05) is 24.3 Å². The summed E-state index contributed by atoms with van der Waals surface area (Å²) in [6.07, 6.45) is 2.48. The summed E-state index contributed by atoms with van der Waals surface area (Å²) < 4.78 is 27.1. The molecule has 1 aromatic heterocycles. The predicted octanol–water partition coefficient (Wildman–Crippen LogP) is 1.16. The van der Waals surface area contributed by atoms with Gasteiger partial charge in [-0.1, -0.05) is 24.3 Å². The normalized spacial score (nSPS) is 15.0. The third-order valence-electron chi connectivity index (χ3n) is 3.57. The number of carboxylic acid groups (broad SMARTS) is 1. The highest BCUT2D eigenvalue weighted by Gasteiger charge is 2.27. The molecule has 0 fully saturated rings. The maximum absolute atomic E-state index is 12.3. The van der Waals surface area contributed by atoms with Gasteiger partial charge in [0.1, 0.15) is 10.6 Å². The van der Waals surface area contributed by atoms with Gasteiger partial charge in [0.25, 0.3) is 0 Å². The highest BCUT2D eigenvalue weighted by atomic mass is 32.2. The Balaban J connectivity index is 1.77. The molecule has 21 heavy (non-hydrogen) atoms. The van der Waals surface area contributed by atoms with Crippen molar-refractivity contribution >= 4 is 16.0 Å². The average Bonchev–Trinajstić information content (AvgIpc) is 3.04. The number of nitrogens with one attached hydrogen (secondary N) is 2. The minimum absolute atomic E-state index is 0.0594. The molecule has 6 nitrogen and oxygen atoms in total. The number of fused-ring (bicyclic) bond motifs is 1. The van der Waals surface area contributed by atoms with E-state index in [0.29, 0.717) is 12.8 Å². The second-order valence-corrected chi connectivity index (χ2v) is 6.76. The van der Waals surface area contributed by atoms with Crippen molar-refractivity contribution in [2.45, 2.75) is 23.8 Å². The number of carbonyl (C=O) groups is 1. The molecule has 0 saturated carbocycles. The molecule has 2 aromatic rings. The fourth-order valence-corrected chi connectivity index (χ4v) is 3.81. The first-order valence-corrected chi connectivity index (χ1v) is 7.95. The van der Waals surface area contributed by atoms with Gasteiger partial charge in [0, 0.05) is 12.2 Å². The molecule has 0 radical (unpaired) electrons. The number of aromatic nitrogens is 1. The summed E-state index contributed by atoms with van der Waals surface area (Å²) in [6, 6.07) is 8.76. The Morgan fingerprint density at radius 2 is 1.86 bits per heavy atom. The molecule has 0 atom stereocenters. The number of carboxylic acids is 1. The monoisotopic (exact) mass is 306 g/mol. The average molecular weight is 306 g/mol. The van der Waals surface area contributed by atoms with E-state index < -0.39 is 16.0 Å². The summed E-state index contributed by atoms with van der Waals surface area (Å²) in [6.45, 7) is 0. The van der Waals surface area contributed by atoms with Gasteiger partial charge in [0.15, 0.2) is 0 Å². The van der Waals surface area contributed by atoms with E-state index in [9.17, 15) is 13.2 Å². The Kier molecular flexibility index (Phi) is 3.30. The predicted molar refractivity (Wildman–Crippen MR) is 75.7 cm³/mol. The standard InChI is InChI=1S/C14H14N2O4S/c17-14(18)13-7-12(8-15-13)21(19,20)16-11-5-9-3-1-2-4-10(9)6-11/h1-4,7-8,11,15-16H,5-6H2,(H,17,18). The summed E-state index contributed by atoms with van der Waals surface area (Å²) >= 11 is 0. The van der Waals surface area contributed by atoms with Gasteiger partial charge in [0.2, 0.25) is 10.0 Å². The highest BCUT2D eigenvalue weighted by molar-refractivity contribution is 7.89. The SMILES string of the molecule is O=C(O)c1cc(S(=O)(=O)NC2Cc3ccccc3C2)c[nH]1. The van der Waals surface area contributed by atoms with Crippen molar-refractivity contribution in [1.82, 2.24) is 9.71 Å². The molecule has 1 heterocycles. The molecule has 1 aliphatic carbocycles. The zero-order valence-corrected chi connectivity index (χ0v) is 11.9. The molecule has 0 aliphatic heterocycles. The molecule has 0 bridgehead atoms. The topological polar surface area (TPSA) is 99.3 Å². The van der Waals surface area contributed by atoms with Crippen molar-refractivity contribution in [2.75, 3.05) is 0 Å². The van der Waals surface area contributed by atoms with Crippen LogP contribution in [0, 0.1) is 0 Å². The van der Waals surface area contributed by atoms with Crippen LogP contribution in [0.3, 0.4) is 0 Å². The molecular weight excluding hydrogens is 292 g/mol. The zero-order chi connectivity index (χ0) is 15.0. The number of hydrogen-bond acceptors (Lipinski definition) is 3. The van der Waals surface area contributed by atoms with Gasteiger partial charge in [-0.05, 0) is 30.0 Å². The third-order valence-corrected chi connectivity index (χ3v) is 5.07. The lowest BCUT2D eigenvalue weighted by Crippen LogP contribution is -2.35. The van der Waals surface area contributed by atoms with Gasteiger partial charge in [-0.25, -0.2) is 17.9 Å². The van der Waals surface area contributed by atoms with Gasteiger partial charge < -0.3 is 10.1 Å². The van der Waals surface area contributed by atoms with E-state index in [4.69, 9.17) is 5.11 Å². The van der Waals surface area contributed by atoms with E-state index in [0.717, 1.165) is 17.2 Å². The lowest BCUT2D eigenvalue weighted by atomic mass is 10.1. The molecule has 1 aliphatic rings. The van der Waals surface area contributed by atoms with Crippen molar-refractivity contribution in [3.63, 3.8) is 0 Å². The van der Waals surface area contributed by atoms with Crippen LogP contribution in [0.15, 0.2) is 41.4 Å². The molecule has 0 amide bonds. The molecule has 3 N–H and O–H groups in total. The number of H-pyrrole nitrogens is 1. The molecule has 0 spiro atoms. The quantitative estimate of drug-likeness (QED) is 0.789. The summed E-state index contributed by atoms with van der Waals surface area (Å²) in [4.78, 5) is 13.2. The number of benzene rings is 1. The van der Waals surface area contributed by atoms with E-state index in [2.05, 4.69) is 9.71 Å². The van der Waals surface area contributed by atoms with Crippen LogP contribution in [0.2, 0.25) is 0 Å². The number of rotatable bonds is 4. The van der Waals surface area contributed by atoms with Crippen LogP contribution in [0.25, 0.3) is 0 Å². The molecule has 110 valence electrons. The van der Waals surface area contributed by atoms with Gasteiger partial charge in [-0.2, -0.15) is 0 Å². The van der Waals surface area contributed by atoms with Crippen LogP contribution in [0.5, 0.6) is 0 Å². The fraction of sp³-hybridized carbons (Fsp3) is 0.214. The van der Waals surface area contributed by atoms with Crippen LogP contribution in [-0.4, -0.2) is 30.5 Å². The molecule has 3 rings (SSSR count). The van der Waals surface area contributed by atoms with Gasteiger partial charge >= 0.3 is 5.97 Å². The highest BCUT2D eigenvalue weighted by Crippen LogP contribution is 2.23. The lowest BCUT2D eigenvalue weighted by Gasteiger charge is -2.11. The first-order chi connectivity index (χ1) is 9.95. The molecule has 7 heteroatoms. The Morgan fingerprint density at radius 3 is 2.38 bits per heavy atom. The number of aromatic amines is 1. The zero-order valence-electron chi connectivity index (χ0n) is 11.0. The number of sulfonamides is 1. The van der Waals surface area contributed by atoms with E-state index in [1.54, 1.807) is 0 Å². The summed E-state index contributed by atoms with van der Waals surface area (Å²) in [5.74, 6) is -1.19. The molecule has 0 unspecified atom stereocenters. The van der Waals surface area contributed by atoms with Crippen LogP contribution < -0.4 is 4.72 Å². The molecular formula is C14H14N2O4S. The maximum Gasteiger partial charge on any atom is 0.352 e. The smallest absolute Gasteiger partial charge is 0.352 e. The molecule has 1 aromatic carbocycles. The van der Waals surface area contributed by atoms with Gasteiger partial charge in [0.05, 0.1) is 0 Å². The Labute approximate surface area is 121 Å². The first-order valence-electron chi connectivity index (χ1n) is 6.46. The Bertz CT molecular complexity index is 770. The molecule has 0 saturated heterocycles. The van der Waals surface area contributed by atoms with E-state index in [1.165, 1.54) is 6.20 Å². The van der Waals surface area contributed by atoms with Crippen molar-refractivity contribution in [3.8, 4) is 0 Å². The van der Waals surface area contributed by atoms with Gasteiger partial charge in [-0.15, -0.1) is 0 Å². The van der Waals surface area contributed by atoms with E-state index in [-0.39, 0.29) is 16.6 Å². The number of hydrogen-bond donors (Lipinski definition) is 3. The van der Waals surface area contributed by atoms with Gasteiger partial charge in [-0.3, -0.25) is 0 Å². The van der Waals surface area contributed by atoms with Crippen molar-refractivity contribution in [3.05, 3.63) is 53.3 Å². The van der Waals surface area contributed by atoms with Crippen LogP contribution in [-0.2, 0) is 22.9 Å². The first kappa shape index (κ1) is 13.8. The van der Waals surface area contributed by atoms with Crippen molar-refractivity contribution in [1.29, 1.82) is 0 Å². The fourth-order valence-electron chi connectivity index (χ4n) is 2.58. The summed E-state index contributed by atoms with van der Waals surface area (Å²) in [7, 11) is -3.72. The largest absolute Gasteiger partial charge is 0.477 e. The maximum atomic E-state index is 12.3. The minimum atomic E-state index is -3.72. The van der Waals surface area contributed by atoms with Crippen LogP contribution in [0.4, 0.5) is 0 Å². The van der Waals surface area contributed by atoms with Crippen molar-refractivity contribution < 1.29 is 18.3 Å². The minimum Gasteiger partial charge on any atom is -0.477 e. The lowest BCUT2D eigenvalue weighted by molar-refractivity contribution is 0.0691. The number of aromatic carboxylic acids is 1. The third kappa shape index (κ3) is 2.70. The van der Waals surface area contributed by atoms with Crippen molar-refractivity contribution in [2.24, 2.45) is 0 Å². The van der Waals surface area contributed by atoms with Crippen LogP contribution in [0.1, 0.15) is 21.6 Å². The summed E-state index contributed by atoms with van der Waals surface area (Å²) in [5.41, 5.74) is 2.14. The second kappa shape index (κ2) is 5.01. The summed E-state index contributed by atoms with van der Waals surface area (Å²) in [5, 5.41) is 8.82. The van der Waals surface area contributed by atoms with E-state index >= 15 is 0 Å². The second-order valence-electron chi connectivity index (χ2n) is 5.05.